The highest BCUT2D eigenvalue weighted by atomic mass is 32.1. The molecular weight excluding hydrogens is 727 g/mol. The fourth-order valence-electron chi connectivity index (χ4n) is 5.23. The summed E-state index contributed by atoms with van der Waals surface area (Å²) < 4.78 is 4.53. The van der Waals surface area contributed by atoms with E-state index in [4.69, 9.17) is 0 Å². The van der Waals surface area contributed by atoms with Gasteiger partial charge >= 0.3 is 5.97 Å². The number of methoxy groups -OCH3 is 1. The van der Waals surface area contributed by atoms with E-state index in [1.54, 1.807) is 17.7 Å². The first-order valence-electron chi connectivity index (χ1n) is 16.8. The van der Waals surface area contributed by atoms with Crippen molar-refractivity contribution in [3.8, 4) is 32.4 Å². The van der Waals surface area contributed by atoms with Gasteiger partial charge in [0.25, 0.3) is 11.6 Å². The molecule has 282 valence electrons. The van der Waals surface area contributed by atoms with Crippen molar-refractivity contribution < 1.29 is 34.3 Å². The van der Waals surface area contributed by atoms with Gasteiger partial charge in [0.15, 0.2) is 5.78 Å². The Morgan fingerprint density at radius 2 is 1.20 bits per heavy atom. The molecular formula is C41H43N3O8S2. The minimum atomic E-state index is -0.880. The molecule has 0 fully saturated rings. The maximum absolute atomic E-state index is 12.5. The third-order valence-electron chi connectivity index (χ3n) is 8.51. The summed E-state index contributed by atoms with van der Waals surface area (Å²) in [6.45, 7) is 16.0. The second-order valence-electron chi connectivity index (χ2n) is 14.5. The van der Waals surface area contributed by atoms with Crippen molar-refractivity contribution in [3.63, 3.8) is 0 Å². The molecule has 3 N–H and O–H groups in total. The van der Waals surface area contributed by atoms with Gasteiger partial charge in [-0.3, -0.25) is 19.7 Å². The molecule has 0 aliphatic heterocycles. The van der Waals surface area contributed by atoms with Crippen LogP contribution < -0.4 is 5.43 Å². The summed E-state index contributed by atoms with van der Waals surface area (Å²) in [5, 5.41) is 39.6. The first kappa shape index (κ1) is 41.1. The number of aromatic hydroxyl groups is 2. The summed E-state index contributed by atoms with van der Waals surface area (Å²) in [6.07, 6.45) is 0. The zero-order chi connectivity index (χ0) is 40.1. The number of hydrazone groups is 1. The van der Waals surface area contributed by atoms with Crippen LogP contribution in [0.5, 0.6) is 11.5 Å². The molecule has 2 aromatic heterocycles. The molecule has 5 rings (SSSR count). The number of amides is 1. The Morgan fingerprint density at radius 1 is 0.741 bits per heavy atom. The van der Waals surface area contributed by atoms with Gasteiger partial charge in [-0.05, 0) is 59.1 Å². The molecule has 0 unspecified atom stereocenters. The lowest BCUT2D eigenvalue weighted by atomic mass is 9.86. The zero-order valence-electron chi connectivity index (χ0n) is 31.6. The number of hydrogen-bond donors (Lipinski definition) is 3. The summed E-state index contributed by atoms with van der Waals surface area (Å²) in [5.74, 6) is -1.55. The quantitative estimate of drug-likeness (QED) is 0.0461. The fourth-order valence-corrected chi connectivity index (χ4v) is 7.25. The van der Waals surface area contributed by atoms with E-state index in [2.05, 4.69) is 68.9 Å². The molecule has 1 amide bonds. The molecule has 0 saturated heterocycles. The van der Waals surface area contributed by atoms with E-state index in [1.165, 1.54) is 46.8 Å². The number of nitro groups is 1. The number of nitrogens with one attached hydrogen (secondary N) is 1. The number of esters is 1. The Bertz CT molecular complexity index is 2220. The van der Waals surface area contributed by atoms with Crippen molar-refractivity contribution in [2.45, 2.75) is 66.2 Å². The van der Waals surface area contributed by atoms with Gasteiger partial charge in [-0.1, -0.05) is 90.1 Å². The molecule has 0 spiro atoms. The van der Waals surface area contributed by atoms with Crippen molar-refractivity contribution in [1.82, 2.24) is 5.43 Å². The molecule has 11 nitrogen and oxygen atoms in total. The van der Waals surface area contributed by atoms with Crippen LogP contribution in [0.3, 0.4) is 0 Å². The largest absolute Gasteiger partial charge is 0.506 e. The summed E-state index contributed by atoms with van der Waals surface area (Å²) in [5.41, 5.74) is 7.03. The molecule has 0 radical (unpaired) electrons. The molecule has 0 bridgehead atoms. The molecule has 2 heterocycles. The summed E-state index contributed by atoms with van der Waals surface area (Å²) >= 11 is 2.75. The van der Waals surface area contributed by atoms with Crippen molar-refractivity contribution in [2.75, 3.05) is 7.11 Å². The molecule has 0 aliphatic rings. The van der Waals surface area contributed by atoms with Crippen LogP contribution in [0.4, 0.5) is 5.69 Å². The highest BCUT2D eigenvalue weighted by Crippen LogP contribution is 2.40. The van der Waals surface area contributed by atoms with Crippen molar-refractivity contribution in [2.24, 2.45) is 5.10 Å². The zero-order valence-corrected chi connectivity index (χ0v) is 33.2. The Morgan fingerprint density at radius 3 is 1.61 bits per heavy atom. The lowest BCUT2D eigenvalue weighted by Gasteiger charge is -2.19. The van der Waals surface area contributed by atoms with Crippen LogP contribution in [0.1, 0.15) is 103 Å². The SMILES string of the molecule is CC(=O)c1csc(-c2ccc(C(C)(C)C)cc2)c1O.COC(=O)c1ccc(C(=O)NN=C(C)c2csc(-c3ccc(C(C)(C)C)cc3)c2O)cc1[N+](=O)[O-]. The van der Waals surface area contributed by atoms with E-state index >= 15 is 0 Å². The van der Waals surface area contributed by atoms with Crippen molar-refractivity contribution in [1.29, 1.82) is 0 Å². The van der Waals surface area contributed by atoms with E-state index < -0.39 is 22.5 Å². The standard InChI is InChI=1S/C25H25N3O6S.C16H18O2S/c1-14(19-13-35-22(21(19)29)15-6-9-17(10-7-15)25(2,3)4)26-27-23(30)16-8-11-18(24(31)34-5)20(12-16)28(32)33;1-10(17)13-9-19-15(14(13)18)11-5-7-12(8-6-11)16(2,3)4/h6-13,29H,1-5H3,(H,27,30);5-9,18H,1-4H3. The molecule has 0 atom stereocenters. The Kier molecular flexibility index (Phi) is 12.6. The molecule has 0 aliphatic carbocycles. The number of carbonyl (C=O) groups is 3. The second-order valence-corrected chi connectivity index (χ2v) is 16.2. The predicted octanol–water partition coefficient (Wildman–Crippen LogP) is 9.89. The smallest absolute Gasteiger partial charge is 0.344 e. The minimum Gasteiger partial charge on any atom is -0.506 e. The summed E-state index contributed by atoms with van der Waals surface area (Å²) in [6, 6.07) is 19.5. The average molecular weight is 770 g/mol. The third kappa shape index (κ3) is 9.46. The number of benzene rings is 3. The first-order valence-corrected chi connectivity index (χ1v) is 18.6. The van der Waals surface area contributed by atoms with E-state index in [9.17, 15) is 34.7 Å². The lowest BCUT2D eigenvalue weighted by Crippen LogP contribution is -2.20. The molecule has 5 aromatic rings. The van der Waals surface area contributed by atoms with Crippen molar-refractivity contribution in [3.05, 3.63) is 121 Å². The Labute approximate surface area is 322 Å². The van der Waals surface area contributed by atoms with Gasteiger partial charge in [-0.15, -0.1) is 22.7 Å². The van der Waals surface area contributed by atoms with Gasteiger partial charge in [0.05, 0.1) is 38.6 Å². The van der Waals surface area contributed by atoms with Crippen LogP contribution in [0.2, 0.25) is 0 Å². The summed E-state index contributed by atoms with van der Waals surface area (Å²) in [7, 11) is 1.11. The number of thiophene rings is 2. The number of carbonyl (C=O) groups excluding carboxylic acids is 3. The number of nitro benzene ring substituents is 1. The Balaban J connectivity index is 0.000000287. The van der Waals surface area contributed by atoms with Crippen molar-refractivity contribution >= 4 is 51.7 Å². The van der Waals surface area contributed by atoms with Crippen LogP contribution in [0.25, 0.3) is 20.9 Å². The second kappa shape index (κ2) is 16.6. The van der Waals surface area contributed by atoms with Gasteiger partial charge in [0, 0.05) is 22.4 Å². The van der Waals surface area contributed by atoms with Crippen LogP contribution in [-0.4, -0.2) is 45.6 Å². The van der Waals surface area contributed by atoms with Crippen LogP contribution >= 0.6 is 22.7 Å². The summed E-state index contributed by atoms with van der Waals surface area (Å²) in [4.78, 5) is 47.5. The van der Waals surface area contributed by atoms with Crippen LogP contribution in [0, 0.1) is 10.1 Å². The fraction of sp³-hybridized carbons (Fsp3) is 0.268. The minimum absolute atomic E-state index is 0.0166. The van der Waals surface area contributed by atoms with Gasteiger partial charge in [0.1, 0.15) is 17.1 Å². The van der Waals surface area contributed by atoms with E-state index in [-0.39, 0.29) is 39.2 Å². The monoisotopic (exact) mass is 769 g/mol. The number of rotatable bonds is 8. The number of Topliss-reactive ketones (excluding diaryl/α,β-unsaturated/α-hetero) is 1. The molecule has 0 saturated carbocycles. The first-order chi connectivity index (χ1) is 25.2. The predicted molar refractivity (Wildman–Crippen MR) is 214 cm³/mol. The van der Waals surface area contributed by atoms with E-state index in [0.717, 1.165) is 35.2 Å². The highest BCUT2D eigenvalue weighted by molar-refractivity contribution is 7.14. The lowest BCUT2D eigenvalue weighted by molar-refractivity contribution is -0.385. The number of nitrogens with zero attached hydrogens (tertiary/aromatic N) is 2. The molecule has 54 heavy (non-hydrogen) atoms. The molecule has 3 aromatic carbocycles. The number of hydrogen-bond acceptors (Lipinski definition) is 11. The maximum Gasteiger partial charge on any atom is 0.344 e. The van der Waals surface area contributed by atoms with Crippen LogP contribution in [0.15, 0.2) is 82.6 Å². The van der Waals surface area contributed by atoms with Gasteiger partial charge in [0.2, 0.25) is 0 Å². The van der Waals surface area contributed by atoms with E-state index in [0.29, 0.717) is 21.7 Å². The number of ether oxygens (including phenoxy) is 1. The maximum atomic E-state index is 12.5. The molecule has 13 heteroatoms. The topological polar surface area (TPSA) is 168 Å². The van der Waals surface area contributed by atoms with Gasteiger partial charge < -0.3 is 14.9 Å². The van der Waals surface area contributed by atoms with E-state index in [1.807, 2.05) is 36.4 Å². The average Bonchev–Trinajstić information content (AvgIpc) is 3.71. The highest BCUT2D eigenvalue weighted by Gasteiger charge is 2.24. The third-order valence-corrected chi connectivity index (χ3v) is 10.5. The Hall–Kier alpha value is -5.66. The van der Waals surface area contributed by atoms with Gasteiger partial charge in [-0.2, -0.15) is 5.10 Å². The number of ketones is 1. The normalized spacial score (nSPS) is 11.7. The van der Waals surface area contributed by atoms with Crippen LogP contribution in [-0.2, 0) is 15.6 Å². The van der Waals surface area contributed by atoms with Gasteiger partial charge in [-0.25, -0.2) is 10.2 Å².